The maximum atomic E-state index is 5.34. The Kier molecular flexibility index (Phi) is 5.67. The lowest BCUT2D eigenvalue weighted by molar-refractivity contribution is 0.148. The first-order valence-electron chi connectivity index (χ1n) is 5.41. The summed E-state index contributed by atoms with van der Waals surface area (Å²) in [5, 5.41) is 0. The minimum absolute atomic E-state index is 0.568. The molecule has 0 aliphatic rings. The van der Waals surface area contributed by atoms with Gasteiger partial charge in [-0.05, 0) is 12.1 Å². The number of nitrogens with zero attached hydrogens (tertiary/aromatic N) is 1. The summed E-state index contributed by atoms with van der Waals surface area (Å²) in [5.74, 6) is 0.879. The normalized spacial score (nSPS) is 10.2. The number of ether oxygens (including phenoxy) is 2. The third-order valence-electron chi connectivity index (χ3n) is 2.33. The quantitative estimate of drug-likeness (QED) is 0.705. The molecule has 1 aromatic rings. The number of likely N-dealkylation sites (N-methyl/N-ethyl adjacent to an activating group) is 1. The van der Waals surface area contributed by atoms with Crippen LogP contribution in [0, 0.1) is 0 Å². The summed E-state index contributed by atoms with van der Waals surface area (Å²) in [6.07, 6.45) is 0. The Morgan fingerprint density at radius 1 is 1.25 bits per heavy atom. The van der Waals surface area contributed by atoms with E-state index in [1.54, 1.807) is 7.11 Å². The van der Waals surface area contributed by atoms with E-state index in [4.69, 9.17) is 15.2 Å². The Morgan fingerprint density at radius 3 is 2.69 bits per heavy atom. The lowest BCUT2D eigenvalue weighted by atomic mass is 10.2. The zero-order valence-electron chi connectivity index (χ0n) is 9.98. The Labute approximate surface area is 96.9 Å². The van der Waals surface area contributed by atoms with Gasteiger partial charge in [0, 0.05) is 20.1 Å². The Bertz CT molecular complexity index is 305. The molecule has 0 unspecified atom stereocenters. The molecule has 0 aliphatic heterocycles. The fourth-order valence-electron chi connectivity index (χ4n) is 1.45. The summed E-state index contributed by atoms with van der Waals surface area (Å²) >= 11 is 0. The maximum Gasteiger partial charge on any atom is 0.142 e. The van der Waals surface area contributed by atoms with E-state index in [-0.39, 0.29) is 0 Å². The monoisotopic (exact) mass is 224 g/mol. The van der Waals surface area contributed by atoms with E-state index in [2.05, 4.69) is 4.90 Å². The van der Waals surface area contributed by atoms with Gasteiger partial charge < -0.3 is 20.1 Å². The third-order valence-corrected chi connectivity index (χ3v) is 2.33. The van der Waals surface area contributed by atoms with Crippen LogP contribution in [-0.2, 0) is 4.74 Å². The summed E-state index contributed by atoms with van der Waals surface area (Å²) in [6.45, 7) is 2.67. The first-order valence-corrected chi connectivity index (χ1v) is 5.41. The molecule has 0 atom stereocenters. The predicted molar refractivity (Wildman–Crippen MR) is 66.1 cm³/mol. The average Bonchev–Trinajstić information content (AvgIpc) is 2.34. The Balaban J connectivity index is 2.48. The van der Waals surface area contributed by atoms with Crippen LogP contribution in [0.3, 0.4) is 0 Å². The van der Waals surface area contributed by atoms with E-state index in [0.717, 1.165) is 18.0 Å². The highest BCUT2D eigenvalue weighted by Crippen LogP contribution is 2.26. The molecule has 1 rings (SSSR count). The third kappa shape index (κ3) is 3.72. The van der Waals surface area contributed by atoms with Gasteiger partial charge in [0.1, 0.15) is 5.75 Å². The number of benzene rings is 1. The lowest BCUT2D eigenvalue weighted by Gasteiger charge is -2.21. The number of anilines is 1. The van der Waals surface area contributed by atoms with E-state index < -0.39 is 0 Å². The van der Waals surface area contributed by atoms with Crippen LogP contribution in [0.15, 0.2) is 24.3 Å². The Hall–Kier alpha value is -1.26. The molecule has 4 heteroatoms. The van der Waals surface area contributed by atoms with Gasteiger partial charge in [-0.3, -0.25) is 0 Å². The summed E-state index contributed by atoms with van der Waals surface area (Å²) in [5.41, 5.74) is 6.41. The van der Waals surface area contributed by atoms with Crippen LogP contribution in [-0.4, -0.2) is 40.5 Å². The molecule has 0 amide bonds. The minimum atomic E-state index is 0.568. The molecule has 0 heterocycles. The molecule has 0 radical (unpaired) electrons. The number of para-hydroxylation sites is 2. The molecule has 0 aromatic heterocycles. The topological polar surface area (TPSA) is 47.7 Å². The van der Waals surface area contributed by atoms with Crippen molar-refractivity contribution in [2.45, 2.75) is 0 Å². The first-order chi connectivity index (χ1) is 7.79. The molecule has 0 fully saturated rings. The van der Waals surface area contributed by atoms with Crippen LogP contribution in [0.25, 0.3) is 0 Å². The number of methoxy groups -OCH3 is 1. The standard InChI is InChI=1S/C12H20N2O2/c1-14(8-10-16-9-7-13)11-5-3-4-6-12(11)15-2/h3-6H,7-10,13H2,1-2H3. The van der Waals surface area contributed by atoms with Crippen LogP contribution in [0.1, 0.15) is 0 Å². The minimum Gasteiger partial charge on any atom is -0.495 e. The van der Waals surface area contributed by atoms with Gasteiger partial charge in [-0.15, -0.1) is 0 Å². The van der Waals surface area contributed by atoms with Crippen molar-refractivity contribution in [3.8, 4) is 5.75 Å². The highest BCUT2D eigenvalue weighted by Gasteiger charge is 2.06. The summed E-state index contributed by atoms with van der Waals surface area (Å²) in [4.78, 5) is 2.11. The van der Waals surface area contributed by atoms with E-state index >= 15 is 0 Å². The second-order valence-corrected chi connectivity index (χ2v) is 3.49. The molecule has 4 nitrogen and oxygen atoms in total. The van der Waals surface area contributed by atoms with Crippen LogP contribution in [0.2, 0.25) is 0 Å². The molecule has 1 aromatic carbocycles. The van der Waals surface area contributed by atoms with Gasteiger partial charge in [0.25, 0.3) is 0 Å². The second-order valence-electron chi connectivity index (χ2n) is 3.49. The highest BCUT2D eigenvalue weighted by molar-refractivity contribution is 5.57. The SMILES string of the molecule is COc1ccccc1N(C)CCOCCN. The van der Waals surface area contributed by atoms with Gasteiger partial charge in [0.15, 0.2) is 0 Å². The molecule has 0 spiro atoms. The van der Waals surface area contributed by atoms with Crippen molar-refractivity contribution < 1.29 is 9.47 Å². The van der Waals surface area contributed by atoms with Crippen molar-refractivity contribution in [1.29, 1.82) is 0 Å². The van der Waals surface area contributed by atoms with Gasteiger partial charge in [-0.2, -0.15) is 0 Å². The van der Waals surface area contributed by atoms with Crippen molar-refractivity contribution in [2.75, 3.05) is 45.4 Å². The summed E-state index contributed by atoms with van der Waals surface area (Å²) in [7, 11) is 3.70. The average molecular weight is 224 g/mol. The van der Waals surface area contributed by atoms with Gasteiger partial charge in [-0.1, -0.05) is 12.1 Å². The second kappa shape index (κ2) is 7.09. The number of hydrogen-bond donors (Lipinski definition) is 1. The van der Waals surface area contributed by atoms with E-state index in [0.29, 0.717) is 19.8 Å². The van der Waals surface area contributed by atoms with E-state index in [1.807, 2.05) is 31.3 Å². The highest BCUT2D eigenvalue weighted by atomic mass is 16.5. The number of rotatable bonds is 7. The van der Waals surface area contributed by atoms with Crippen molar-refractivity contribution in [2.24, 2.45) is 5.73 Å². The smallest absolute Gasteiger partial charge is 0.142 e. The number of hydrogen-bond acceptors (Lipinski definition) is 4. The fraction of sp³-hybridized carbons (Fsp3) is 0.500. The lowest BCUT2D eigenvalue weighted by Crippen LogP contribution is -2.24. The maximum absolute atomic E-state index is 5.34. The molecule has 0 saturated carbocycles. The summed E-state index contributed by atoms with van der Waals surface area (Å²) in [6, 6.07) is 7.94. The first kappa shape index (κ1) is 12.8. The van der Waals surface area contributed by atoms with E-state index in [9.17, 15) is 0 Å². The molecule has 0 saturated heterocycles. The van der Waals surface area contributed by atoms with Crippen LogP contribution in [0.4, 0.5) is 5.69 Å². The van der Waals surface area contributed by atoms with Gasteiger partial charge >= 0.3 is 0 Å². The molecular formula is C12H20N2O2. The molecule has 0 aliphatic carbocycles. The van der Waals surface area contributed by atoms with Crippen molar-refractivity contribution in [3.63, 3.8) is 0 Å². The van der Waals surface area contributed by atoms with Crippen molar-refractivity contribution in [3.05, 3.63) is 24.3 Å². The molecule has 16 heavy (non-hydrogen) atoms. The van der Waals surface area contributed by atoms with Gasteiger partial charge in [0.05, 0.1) is 26.0 Å². The molecule has 0 bridgehead atoms. The molecule has 90 valence electrons. The van der Waals surface area contributed by atoms with Gasteiger partial charge in [0.2, 0.25) is 0 Å². The predicted octanol–water partition coefficient (Wildman–Crippen LogP) is 1.11. The molecule has 2 N–H and O–H groups in total. The van der Waals surface area contributed by atoms with Crippen LogP contribution >= 0.6 is 0 Å². The fourth-order valence-corrected chi connectivity index (χ4v) is 1.45. The van der Waals surface area contributed by atoms with Crippen molar-refractivity contribution in [1.82, 2.24) is 0 Å². The summed E-state index contributed by atoms with van der Waals surface area (Å²) < 4.78 is 10.6. The van der Waals surface area contributed by atoms with E-state index in [1.165, 1.54) is 0 Å². The number of nitrogens with two attached hydrogens (primary N) is 1. The van der Waals surface area contributed by atoms with Gasteiger partial charge in [-0.25, -0.2) is 0 Å². The zero-order chi connectivity index (χ0) is 11.8. The Morgan fingerprint density at radius 2 is 2.00 bits per heavy atom. The zero-order valence-corrected chi connectivity index (χ0v) is 9.98. The van der Waals surface area contributed by atoms with Crippen molar-refractivity contribution >= 4 is 5.69 Å². The largest absolute Gasteiger partial charge is 0.495 e. The van der Waals surface area contributed by atoms with Crippen LogP contribution in [0.5, 0.6) is 5.75 Å². The van der Waals surface area contributed by atoms with Crippen LogP contribution < -0.4 is 15.4 Å². The molecular weight excluding hydrogens is 204 g/mol.